The number of amides is 1. The van der Waals surface area contributed by atoms with Crippen LogP contribution >= 0.6 is 0 Å². The summed E-state index contributed by atoms with van der Waals surface area (Å²) in [6.07, 6.45) is 2.56. The molecule has 6 nitrogen and oxygen atoms in total. The molecule has 1 aromatic carbocycles. The minimum atomic E-state index is 0.00281. The van der Waals surface area contributed by atoms with Gasteiger partial charge in [-0.25, -0.2) is 0 Å². The zero-order valence-corrected chi connectivity index (χ0v) is 16.4. The van der Waals surface area contributed by atoms with Crippen LogP contribution in [0.4, 0.5) is 0 Å². The predicted octanol–water partition coefficient (Wildman–Crippen LogP) is 2.22. The van der Waals surface area contributed by atoms with E-state index >= 15 is 0 Å². The van der Waals surface area contributed by atoms with E-state index < -0.39 is 0 Å². The van der Waals surface area contributed by atoms with Crippen LogP contribution < -0.4 is 20.7 Å². The van der Waals surface area contributed by atoms with Crippen LogP contribution in [-0.2, 0) is 11.3 Å². The number of aryl methyl sites for hydroxylation is 1. The van der Waals surface area contributed by atoms with Crippen molar-refractivity contribution in [3.63, 3.8) is 0 Å². The first kappa shape index (κ1) is 20.1. The highest BCUT2D eigenvalue weighted by molar-refractivity contribution is 5.80. The Labute approximate surface area is 156 Å². The van der Waals surface area contributed by atoms with Crippen molar-refractivity contribution in [1.82, 2.24) is 16.0 Å². The van der Waals surface area contributed by atoms with Crippen molar-refractivity contribution in [3.8, 4) is 5.75 Å². The summed E-state index contributed by atoms with van der Waals surface area (Å²) in [5.74, 6) is 2.45. The van der Waals surface area contributed by atoms with Crippen molar-refractivity contribution in [1.29, 1.82) is 0 Å². The number of benzene rings is 1. The van der Waals surface area contributed by atoms with E-state index in [0.29, 0.717) is 25.6 Å². The summed E-state index contributed by atoms with van der Waals surface area (Å²) in [6.45, 7) is 8.47. The molecule has 6 heteroatoms. The molecule has 3 N–H and O–H groups in total. The van der Waals surface area contributed by atoms with Crippen LogP contribution in [0.2, 0.25) is 0 Å². The SMILES string of the molecule is CN=C(NCCNC(=O)C(C)C)NCc1ccc(C)cc1OCC1CC1. The number of hydrogen-bond donors (Lipinski definition) is 3. The molecule has 0 aromatic heterocycles. The van der Waals surface area contributed by atoms with E-state index in [9.17, 15) is 4.79 Å². The van der Waals surface area contributed by atoms with Gasteiger partial charge in [-0.15, -0.1) is 0 Å². The summed E-state index contributed by atoms with van der Waals surface area (Å²) in [4.78, 5) is 15.8. The number of ether oxygens (including phenoxy) is 1. The third kappa shape index (κ3) is 6.94. The molecule has 1 amide bonds. The lowest BCUT2D eigenvalue weighted by molar-refractivity contribution is -0.123. The van der Waals surface area contributed by atoms with Gasteiger partial charge in [0.15, 0.2) is 5.96 Å². The Morgan fingerprint density at radius 2 is 1.96 bits per heavy atom. The molecule has 1 fully saturated rings. The third-order valence-corrected chi connectivity index (χ3v) is 4.31. The Kier molecular flexibility index (Phi) is 7.75. The van der Waals surface area contributed by atoms with Gasteiger partial charge in [-0.05, 0) is 37.3 Å². The summed E-state index contributed by atoms with van der Waals surface area (Å²) in [7, 11) is 1.74. The molecule has 0 bridgehead atoms. The Bertz CT molecular complexity index is 624. The van der Waals surface area contributed by atoms with E-state index in [0.717, 1.165) is 23.8 Å². The fourth-order valence-electron chi connectivity index (χ4n) is 2.40. The fourth-order valence-corrected chi connectivity index (χ4v) is 2.40. The Balaban J connectivity index is 1.79. The highest BCUT2D eigenvalue weighted by Gasteiger charge is 2.22. The zero-order valence-electron chi connectivity index (χ0n) is 16.4. The predicted molar refractivity (Wildman–Crippen MR) is 105 cm³/mol. The standard InChI is InChI=1S/C20H32N4O2/c1-14(2)19(25)22-9-10-23-20(21-4)24-12-17-8-5-15(3)11-18(17)26-13-16-6-7-16/h5,8,11,14,16H,6-7,9-10,12-13H2,1-4H3,(H,22,25)(H2,21,23,24). The molecule has 1 aromatic rings. The lowest BCUT2D eigenvalue weighted by Crippen LogP contribution is -2.41. The largest absolute Gasteiger partial charge is 0.493 e. The number of rotatable bonds is 9. The fraction of sp³-hybridized carbons (Fsp3) is 0.600. The molecule has 0 unspecified atom stereocenters. The molecule has 0 radical (unpaired) electrons. The van der Waals surface area contributed by atoms with Gasteiger partial charge in [0.1, 0.15) is 5.75 Å². The maximum absolute atomic E-state index is 11.5. The quantitative estimate of drug-likeness (QED) is 0.359. The second-order valence-corrected chi connectivity index (χ2v) is 7.16. The Hall–Kier alpha value is -2.24. The zero-order chi connectivity index (χ0) is 18.9. The number of aliphatic imine (C=N–C) groups is 1. The Morgan fingerprint density at radius 3 is 2.62 bits per heavy atom. The molecule has 0 saturated heterocycles. The van der Waals surface area contributed by atoms with Gasteiger partial charge in [-0.3, -0.25) is 9.79 Å². The molecule has 144 valence electrons. The number of nitrogens with zero attached hydrogens (tertiary/aromatic N) is 1. The second-order valence-electron chi connectivity index (χ2n) is 7.16. The van der Waals surface area contributed by atoms with Gasteiger partial charge < -0.3 is 20.7 Å². The van der Waals surface area contributed by atoms with Gasteiger partial charge in [0, 0.05) is 38.2 Å². The van der Waals surface area contributed by atoms with E-state index in [1.54, 1.807) is 7.05 Å². The summed E-state index contributed by atoms with van der Waals surface area (Å²) in [6, 6.07) is 6.29. The molecular weight excluding hydrogens is 328 g/mol. The molecule has 2 rings (SSSR count). The van der Waals surface area contributed by atoms with Gasteiger partial charge in [0.25, 0.3) is 0 Å². The van der Waals surface area contributed by atoms with Crippen molar-refractivity contribution >= 4 is 11.9 Å². The molecule has 0 heterocycles. The van der Waals surface area contributed by atoms with Crippen LogP contribution in [0.15, 0.2) is 23.2 Å². The van der Waals surface area contributed by atoms with Crippen molar-refractivity contribution < 1.29 is 9.53 Å². The molecule has 0 atom stereocenters. The first-order valence-corrected chi connectivity index (χ1v) is 9.44. The third-order valence-electron chi connectivity index (χ3n) is 4.31. The van der Waals surface area contributed by atoms with Crippen LogP contribution in [0.5, 0.6) is 5.75 Å². The first-order chi connectivity index (χ1) is 12.5. The van der Waals surface area contributed by atoms with Crippen molar-refractivity contribution in [2.45, 2.75) is 40.2 Å². The van der Waals surface area contributed by atoms with E-state index in [2.05, 4.69) is 46.1 Å². The molecule has 1 saturated carbocycles. The normalized spacial score (nSPS) is 14.3. The lowest BCUT2D eigenvalue weighted by Gasteiger charge is -2.16. The van der Waals surface area contributed by atoms with E-state index in [1.807, 2.05) is 13.8 Å². The van der Waals surface area contributed by atoms with Gasteiger partial charge >= 0.3 is 0 Å². The van der Waals surface area contributed by atoms with Crippen LogP contribution in [-0.4, -0.2) is 38.6 Å². The summed E-state index contributed by atoms with van der Waals surface area (Å²) < 4.78 is 6.01. The molecule has 1 aliphatic rings. The van der Waals surface area contributed by atoms with Crippen LogP contribution in [0, 0.1) is 18.8 Å². The summed E-state index contributed by atoms with van der Waals surface area (Å²) >= 11 is 0. The van der Waals surface area contributed by atoms with Crippen LogP contribution in [0.25, 0.3) is 0 Å². The number of guanidine groups is 1. The van der Waals surface area contributed by atoms with Gasteiger partial charge in [0.05, 0.1) is 6.61 Å². The maximum Gasteiger partial charge on any atom is 0.222 e. The molecule has 26 heavy (non-hydrogen) atoms. The number of carbonyl (C=O) groups excluding carboxylic acids is 1. The smallest absolute Gasteiger partial charge is 0.222 e. The van der Waals surface area contributed by atoms with Crippen LogP contribution in [0.1, 0.15) is 37.8 Å². The van der Waals surface area contributed by atoms with Gasteiger partial charge in [0.2, 0.25) is 5.91 Å². The van der Waals surface area contributed by atoms with E-state index in [1.165, 1.54) is 18.4 Å². The highest BCUT2D eigenvalue weighted by atomic mass is 16.5. The van der Waals surface area contributed by atoms with Crippen molar-refractivity contribution in [2.75, 3.05) is 26.7 Å². The second kappa shape index (κ2) is 10.0. The van der Waals surface area contributed by atoms with Gasteiger partial charge in [-0.1, -0.05) is 26.0 Å². The van der Waals surface area contributed by atoms with Crippen LogP contribution in [0.3, 0.4) is 0 Å². The topological polar surface area (TPSA) is 74.8 Å². The summed E-state index contributed by atoms with van der Waals surface area (Å²) in [5, 5.41) is 9.39. The van der Waals surface area contributed by atoms with Gasteiger partial charge in [-0.2, -0.15) is 0 Å². The first-order valence-electron chi connectivity index (χ1n) is 9.44. The Morgan fingerprint density at radius 1 is 1.23 bits per heavy atom. The number of hydrogen-bond acceptors (Lipinski definition) is 3. The van der Waals surface area contributed by atoms with Crippen molar-refractivity contribution in [2.24, 2.45) is 16.8 Å². The minimum Gasteiger partial charge on any atom is -0.493 e. The molecule has 0 aliphatic heterocycles. The van der Waals surface area contributed by atoms with Crippen molar-refractivity contribution in [3.05, 3.63) is 29.3 Å². The number of carbonyl (C=O) groups is 1. The lowest BCUT2D eigenvalue weighted by atomic mass is 10.1. The maximum atomic E-state index is 11.5. The minimum absolute atomic E-state index is 0.00281. The van der Waals surface area contributed by atoms with E-state index in [-0.39, 0.29) is 11.8 Å². The number of nitrogens with one attached hydrogen (secondary N) is 3. The average Bonchev–Trinajstić information content (AvgIpc) is 3.44. The monoisotopic (exact) mass is 360 g/mol. The highest BCUT2D eigenvalue weighted by Crippen LogP contribution is 2.30. The molecule has 1 aliphatic carbocycles. The molecule has 0 spiro atoms. The molecular formula is C20H32N4O2. The van der Waals surface area contributed by atoms with E-state index in [4.69, 9.17) is 4.74 Å². The summed E-state index contributed by atoms with van der Waals surface area (Å²) in [5.41, 5.74) is 2.32. The average molecular weight is 361 g/mol.